The van der Waals surface area contributed by atoms with Crippen molar-refractivity contribution in [1.29, 1.82) is 0 Å². The number of carbonyl (C=O) groups excluding carboxylic acids is 1. The summed E-state index contributed by atoms with van der Waals surface area (Å²) < 4.78 is 0. The van der Waals surface area contributed by atoms with E-state index in [0.717, 1.165) is 35.1 Å². The molecule has 0 bridgehead atoms. The molecule has 0 saturated heterocycles. The number of rotatable bonds is 2. The lowest BCUT2D eigenvalue weighted by Crippen LogP contribution is -1.96. The minimum Gasteiger partial charge on any atom is -0.289 e. The molecule has 122 valence electrons. The molecule has 0 atom stereocenters. The molecule has 1 aliphatic rings. The third kappa shape index (κ3) is 3.41. The number of hydrogen-bond acceptors (Lipinski definition) is 1. The molecule has 1 aliphatic carbocycles. The monoisotopic (exact) mass is 316 g/mol. The Balaban J connectivity index is 1.89. The Morgan fingerprint density at radius 3 is 1.50 bits per heavy atom. The summed E-state index contributed by atoms with van der Waals surface area (Å²) in [4.78, 5) is 12.7. The fourth-order valence-corrected chi connectivity index (χ4v) is 3.33. The molecule has 1 saturated carbocycles. The molecular weight excluding hydrogens is 292 g/mol. The summed E-state index contributed by atoms with van der Waals surface area (Å²) in [5.41, 5.74) is 9.11. The van der Waals surface area contributed by atoms with E-state index in [2.05, 4.69) is 76.2 Å². The Labute approximate surface area is 144 Å². The predicted molar refractivity (Wildman–Crippen MR) is 102 cm³/mol. The standard InChI is InChI=1S/C23H24O/c1-15-5-7-19(17(3)11-15)13-21-9-10-22(23(21)24)14-20-8-6-16(2)12-18(20)4/h5-8,11-14H,9-10H2,1-4H3/b21-13+,22-14+. The highest BCUT2D eigenvalue weighted by Crippen LogP contribution is 2.30. The third-order valence-electron chi connectivity index (χ3n) is 4.76. The molecule has 0 radical (unpaired) electrons. The fourth-order valence-electron chi connectivity index (χ4n) is 3.33. The number of allylic oxidation sites excluding steroid dienone is 2. The summed E-state index contributed by atoms with van der Waals surface area (Å²) in [5, 5.41) is 0. The molecule has 0 aromatic heterocycles. The summed E-state index contributed by atoms with van der Waals surface area (Å²) in [5.74, 6) is 0.204. The van der Waals surface area contributed by atoms with Gasteiger partial charge in [-0.3, -0.25) is 4.79 Å². The molecule has 1 heteroatoms. The van der Waals surface area contributed by atoms with E-state index in [4.69, 9.17) is 0 Å². The zero-order valence-electron chi connectivity index (χ0n) is 14.9. The van der Waals surface area contributed by atoms with Crippen LogP contribution >= 0.6 is 0 Å². The van der Waals surface area contributed by atoms with E-state index in [9.17, 15) is 4.79 Å². The highest BCUT2D eigenvalue weighted by molar-refractivity contribution is 6.15. The lowest BCUT2D eigenvalue weighted by molar-refractivity contribution is -0.111. The third-order valence-corrected chi connectivity index (χ3v) is 4.76. The zero-order valence-corrected chi connectivity index (χ0v) is 14.9. The predicted octanol–water partition coefficient (Wildman–Crippen LogP) is 5.75. The lowest BCUT2D eigenvalue weighted by Gasteiger charge is -2.04. The van der Waals surface area contributed by atoms with Crippen molar-refractivity contribution in [3.05, 3.63) is 80.9 Å². The topological polar surface area (TPSA) is 17.1 Å². The number of ketones is 1. The molecule has 0 spiro atoms. The van der Waals surface area contributed by atoms with Crippen LogP contribution in [0, 0.1) is 27.7 Å². The van der Waals surface area contributed by atoms with Gasteiger partial charge in [0, 0.05) is 11.1 Å². The summed E-state index contributed by atoms with van der Waals surface area (Å²) in [7, 11) is 0. The van der Waals surface area contributed by atoms with Gasteiger partial charge in [0.2, 0.25) is 0 Å². The highest BCUT2D eigenvalue weighted by Gasteiger charge is 2.23. The van der Waals surface area contributed by atoms with Crippen LogP contribution in [0.5, 0.6) is 0 Å². The Morgan fingerprint density at radius 1 is 0.708 bits per heavy atom. The van der Waals surface area contributed by atoms with E-state index >= 15 is 0 Å². The van der Waals surface area contributed by atoms with Gasteiger partial charge in [0.05, 0.1) is 0 Å². The van der Waals surface area contributed by atoms with Crippen LogP contribution in [0.4, 0.5) is 0 Å². The molecule has 1 fully saturated rings. The first kappa shape index (κ1) is 16.4. The van der Waals surface area contributed by atoms with Gasteiger partial charge in [-0.25, -0.2) is 0 Å². The molecule has 3 rings (SSSR count). The Hall–Kier alpha value is -2.41. The molecule has 0 heterocycles. The number of carbonyl (C=O) groups is 1. The van der Waals surface area contributed by atoms with E-state index in [1.807, 2.05) is 0 Å². The van der Waals surface area contributed by atoms with Gasteiger partial charge in [-0.05, 0) is 74.9 Å². The van der Waals surface area contributed by atoms with Crippen LogP contribution in [0.15, 0.2) is 47.5 Å². The average molecular weight is 316 g/mol. The number of benzene rings is 2. The molecule has 2 aromatic carbocycles. The second-order valence-electron chi connectivity index (χ2n) is 6.89. The van der Waals surface area contributed by atoms with Crippen LogP contribution in [0.3, 0.4) is 0 Å². The summed E-state index contributed by atoms with van der Waals surface area (Å²) in [6, 6.07) is 12.8. The van der Waals surface area contributed by atoms with Gasteiger partial charge in [-0.1, -0.05) is 47.5 Å². The first-order valence-electron chi connectivity index (χ1n) is 8.54. The summed E-state index contributed by atoms with van der Waals surface area (Å²) in [6.45, 7) is 8.39. The first-order valence-corrected chi connectivity index (χ1v) is 8.54. The second kappa shape index (κ2) is 6.60. The number of Topliss-reactive ketones (excluding diaryl/α,β-unsaturated/α-hetero) is 1. The zero-order chi connectivity index (χ0) is 17.3. The quantitative estimate of drug-likeness (QED) is 0.645. The van der Waals surface area contributed by atoms with Crippen molar-refractivity contribution in [1.82, 2.24) is 0 Å². The number of hydrogen-bond donors (Lipinski definition) is 0. The average Bonchev–Trinajstić information content (AvgIpc) is 2.86. The van der Waals surface area contributed by atoms with Crippen molar-refractivity contribution < 1.29 is 4.79 Å². The molecule has 0 N–H and O–H groups in total. The Kier molecular flexibility index (Phi) is 4.53. The van der Waals surface area contributed by atoms with E-state index < -0.39 is 0 Å². The molecular formula is C23H24O. The SMILES string of the molecule is Cc1ccc(/C=C2\CC/C(=C\c3ccc(C)cc3C)C2=O)c(C)c1. The minimum atomic E-state index is 0.204. The van der Waals surface area contributed by atoms with Gasteiger partial charge < -0.3 is 0 Å². The second-order valence-corrected chi connectivity index (χ2v) is 6.89. The van der Waals surface area contributed by atoms with Gasteiger partial charge in [0.15, 0.2) is 5.78 Å². The largest absolute Gasteiger partial charge is 0.289 e. The van der Waals surface area contributed by atoms with Gasteiger partial charge in [0.1, 0.15) is 0 Å². The van der Waals surface area contributed by atoms with Gasteiger partial charge >= 0.3 is 0 Å². The van der Waals surface area contributed by atoms with E-state index in [-0.39, 0.29) is 5.78 Å². The van der Waals surface area contributed by atoms with Crippen molar-refractivity contribution in [2.75, 3.05) is 0 Å². The highest BCUT2D eigenvalue weighted by atomic mass is 16.1. The maximum absolute atomic E-state index is 12.7. The van der Waals surface area contributed by atoms with Crippen LogP contribution in [-0.4, -0.2) is 5.78 Å². The van der Waals surface area contributed by atoms with Crippen molar-refractivity contribution in [3.63, 3.8) is 0 Å². The van der Waals surface area contributed by atoms with Crippen LogP contribution in [0.1, 0.15) is 46.2 Å². The maximum atomic E-state index is 12.7. The van der Waals surface area contributed by atoms with Crippen LogP contribution in [0.25, 0.3) is 12.2 Å². The van der Waals surface area contributed by atoms with E-state index in [1.165, 1.54) is 22.3 Å². The van der Waals surface area contributed by atoms with Gasteiger partial charge in [-0.2, -0.15) is 0 Å². The molecule has 0 unspecified atom stereocenters. The van der Waals surface area contributed by atoms with Crippen molar-refractivity contribution in [2.45, 2.75) is 40.5 Å². The van der Waals surface area contributed by atoms with Gasteiger partial charge in [0.25, 0.3) is 0 Å². The Bertz CT molecular complexity index is 794. The smallest absolute Gasteiger partial charge is 0.185 e. The molecule has 2 aromatic rings. The molecule has 24 heavy (non-hydrogen) atoms. The first-order chi connectivity index (χ1) is 11.4. The van der Waals surface area contributed by atoms with Crippen molar-refractivity contribution in [3.8, 4) is 0 Å². The van der Waals surface area contributed by atoms with E-state index in [1.54, 1.807) is 0 Å². The fraction of sp³-hybridized carbons (Fsp3) is 0.261. The summed E-state index contributed by atoms with van der Waals surface area (Å²) >= 11 is 0. The molecule has 0 aliphatic heterocycles. The minimum absolute atomic E-state index is 0.204. The van der Waals surface area contributed by atoms with Crippen LogP contribution in [-0.2, 0) is 4.79 Å². The molecule has 0 amide bonds. The normalized spacial score (nSPS) is 17.9. The van der Waals surface area contributed by atoms with Crippen molar-refractivity contribution >= 4 is 17.9 Å². The summed E-state index contributed by atoms with van der Waals surface area (Å²) in [6.07, 6.45) is 5.81. The number of aryl methyl sites for hydroxylation is 4. The molecule has 1 nitrogen and oxygen atoms in total. The van der Waals surface area contributed by atoms with Crippen molar-refractivity contribution in [2.24, 2.45) is 0 Å². The van der Waals surface area contributed by atoms with E-state index in [0.29, 0.717) is 0 Å². The van der Waals surface area contributed by atoms with Gasteiger partial charge in [-0.15, -0.1) is 0 Å². The maximum Gasteiger partial charge on any atom is 0.185 e. The van der Waals surface area contributed by atoms with Crippen LogP contribution in [0.2, 0.25) is 0 Å². The van der Waals surface area contributed by atoms with Crippen LogP contribution < -0.4 is 0 Å². The Morgan fingerprint density at radius 2 is 1.12 bits per heavy atom. The lowest BCUT2D eigenvalue weighted by atomic mass is 10.0.